The van der Waals surface area contributed by atoms with Crippen LogP contribution in [0.1, 0.15) is 21.5 Å². The molecule has 3 aromatic rings. The molecule has 3 aromatic carbocycles. The number of aryl methyl sites for hydroxylation is 2. The van der Waals surface area contributed by atoms with Gasteiger partial charge < -0.3 is 35.3 Å². The summed E-state index contributed by atoms with van der Waals surface area (Å²) in [5, 5.41) is 2.66. The van der Waals surface area contributed by atoms with E-state index in [4.69, 9.17) is 5.73 Å². The standard InChI is InChI=1S/C9H11NO.C9H7.C2H6Si.2ClH.Zr/c1-6-4-3-5-7(2)8(6)9(10)11;1-2-5-9-7-3-6-8(9)4-1;1-3-2;;;/h3-5H,1-2H3,(H2,10,11);1-7H;1-2H3;2*1H;/q;-1;;;;+4/p-3. The van der Waals surface area contributed by atoms with Crippen molar-refractivity contribution in [3.8, 4) is 0 Å². The van der Waals surface area contributed by atoms with Crippen LogP contribution in [0.2, 0.25) is 13.1 Å². The van der Waals surface area contributed by atoms with Gasteiger partial charge in [-0.3, -0.25) is 0 Å². The van der Waals surface area contributed by atoms with Crippen LogP contribution in [0.5, 0.6) is 0 Å². The summed E-state index contributed by atoms with van der Waals surface area (Å²) in [6.07, 6.45) is 0. The fraction of sp³-hybridized carbons (Fsp3) is 0.200. The van der Waals surface area contributed by atoms with Gasteiger partial charge in [-0.2, -0.15) is 17.5 Å². The molecule has 3 rings (SSSR count). The second-order valence-corrected chi connectivity index (χ2v) is 6.25. The first-order valence-electron chi connectivity index (χ1n) is 7.52. The molecule has 0 bridgehead atoms. The van der Waals surface area contributed by atoms with Crippen LogP contribution in [0, 0.1) is 13.8 Å². The molecule has 1 N–H and O–H groups in total. The second kappa shape index (κ2) is 16.4. The van der Waals surface area contributed by atoms with Crippen molar-refractivity contribution in [1.29, 1.82) is 0 Å². The van der Waals surface area contributed by atoms with Gasteiger partial charge in [-0.15, -0.1) is 29.7 Å². The van der Waals surface area contributed by atoms with Gasteiger partial charge in [0.2, 0.25) is 0 Å². The number of carbonyl (C=O) groups excluding carboxylic acids is 1. The Bertz CT molecular complexity index is 712. The third-order valence-electron chi connectivity index (χ3n) is 3.26. The summed E-state index contributed by atoms with van der Waals surface area (Å²) in [6, 6.07) is 20.2. The summed E-state index contributed by atoms with van der Waals surface area (Å²) >= 11 is 0. The van der Waals surface area contributed by atoms with Crippen LogP contribution >= 0.6 is 0 Å². The Kier molecular flexibility index (Phi) is 18.9. The second-order valence-electron chi connectivity index (χ2n) is 5.25. The summed E-state index contributed by atoms with van der Waals surface area (Å²) in [7, 11) is 1.08. The molecule has 6 heteroatoms. The van der Waals surface area contributed by atoms with E-state index in [-0.39, 0.29) is 51.0 Å². The van der Waals surface area contributed by atoms with Gasteiger partial charge in [-0.25, -0.2) is 0 Å². The third-order valence-corrected chi connectivity index (χ3v) is 3.26. The van der Waals surface area contributed by atoms with Crippen LogP contribution in [0.15, 0.2) is 60.7 Å². The summed E-state index contributed by atoms with van der Waals surface area (Å²) in [5.41, 5.74) is 9.26. The fourth-order valence-electron chi connectivity index (χ4n) is 2.24. The van der Waals surface area contributed by atoms with Gasteiger partial charge in [0, 0.05) is 15.1 Å². The molecule has 0 heterocycles. The summed E-state index contributed by atoms with van der Waals surface area (Å²) in [5.74, 6) is -0.597. The van der Waals surface area contributed by atoms with Crippen LogP contribution in [0.4, 0.5) is 0 Å². The Labute approximate surface area is 191 Å². The predicted octanol–water partition coefficient (Wildman–Crippen LogP) is -0.153. The normalized spacial score (nSPS) is 8.31. The molecule has 2 radical (unpaired) electrons. The number of nitrogens with one attached hydrogen (secondary N) is 1. The Morgan fingerprint density at radius 2 is 1.42 bits per heavy atom. The van der Waals surface area contributed by atoms with Crippen LogP contribution in [-0.2, 0) is 26.2 Å². The minimum absolute atomic E-state index is 0. The molecule has 26 heavy (non-hydrogen) atoms. The largest absolute Gasteiger partial charge is 4.00 e. The number of fused-ring (bicyclic) bond motifs is 1. The van der Waals surface area contributed by atoms with Crippen molar-refractivity contribution in [2.45, 2.75) is 26.9 Å². The van der Waals surface area contributed by atoms with E-state index in [0.717, 1.165) is 20.6 Å². The molecule has 136 valence electrons. The van der Waals surface area contributed by atoms with E-state index in [1.54, 1.807) is 0 Å². The van der Waals surface area contributed by atoms with E-state index in [9.17, 15) is 4.79 Å². The van der Waals surface area contributed by atoms with Crippen LogP contribution in [0.25, 0.3) is 16.5 Å². The van der Waals surface area contributed by atoms with Crippen LogP contribution in [0.3, 0.4) is 0 Å². The first-order valence-corrected chi connectivity index (χ1v) is 9.52. The molecule has 1 amide bonds. The molecule has 2 nitrogen and oxygen atoms in total. The summed E-state index contributed by atoms with van der Waals surface area (Å²) in [4.78, 5) is 10.8. The van der Waals surface area contributed by atoms with E-state index < -0.39 is 5.91 Å². The SMILES string of the molecule is C[Si]C.Cc1cccc(C)c1C([NH-])=O.[Cl-].[Cl-].[Zr+4].c1ccc2[cH-]ccc2c1. The molecule has 0 spiro atoms. The first-order chi connectivity index (χ1) is 11.0. The topological polar surface area (TPSA) is 40.9 Å². The van der Waals surface area contributed by atoms with Crippen molar-refractivity contribution >= 4 is 26.2 Å². The third kappa shape index (κ3) is 9.78. The van der Waals surface area contributed by atoms with E-state index in [1.807, 2.05) is 32.0 Å². The molecule has 0 saturated carbocycles. The molecule has 0 aromatic heterocycles. The number of rotatable bonds is 1. The Morgan fingerprint density at radius 1 is 0.923 bits per heavy atom. The zero-order chi connectivity index (χ0) is 17.2. The van der Waals surface area contributed by atoms with Crippen LogP contribution < -0.4 is 24.8 Å². The van der Waals surface area contributed by atoms with Gasteiger partial charge >= 0.3 is 26.2 Å². The van der Waals surface area contributed by atoms with Gasteiger partial charge in [0.1, 0.15) is 0 Å². The molecule has 0 aliphatic rings. The summed E-state index contributed by atoms with van der Waals surface area (Å²) in [6.45, 7) is 7.99. The van der Waals surface area contributed by atoms with Crippen molar-refractivity contribution in [3.05, 3.63) is 83.1 Å². The zero-order valence-corrected chi connectivity index (χ0v) is 20.4. The van der Waals surface area contributed by atoms with Crippen molar-refractivity contribution in [2.75, 3.05) is 0 Å². The molecule has 0 aliphatic heterocycles. The minimum Gasteiger partial charge on any atom is -1.00 e. The van der Waals surface area contributed by atoms with Gasteiger partial charge in [0.05, 0.1) is 5.91 Å². The van der Waals surface area contributed by atoms with E-state index >= 15 is 0 Å². The maximum Gasteiger partial charge on any atom is 4.00 e. The van der Waals surface area contributed by atoms with E-state index in [1.165, 1.54) is 10.8 Å². The predicted molar refractivity (Wildman–Crippen MR) is 102 cm³/mol. The maximum atomic E-state index is 10.8. The Hall–Kier alpha value is -0.800. The number of halogens is 2. The number of amides is 1. The average molecular weight is 484 g/mol. The summed E-state index contributed by atoms with van der Waals surface area (Å²) < 4.78 is 0. The minimum atomic E-state index is -0.597. The molecule has 0 atom stereocenters. The maximum absolute atomic E-state index is 10.8. The quantitative estimate of drug-likeness (QED) is 0.351. The van der Waals surface area contributed by atoms with Gasteiger partial charge in [0.15, 0.2) is 0 Å². The number of benzene rings is 2. The van der Waals surface area contributed by atoms with Crippen molar-refractivity contribution in [1.82, 2.24) is 0 Å². The van der Waals surface area contributed by atoms with Gasteiger partial charge in [-0.1, -0.05) is 37.4 Å². The molecule has 0 saturated heterocycles. The molecule has 0 aliphatic carbocycles. The fourth-order valence-corrected chi connectivity index (χ4v) is 2.24. The van der Waals surface area contributed by atoms with E-state index in [0.29, 0.717) is 5.56 Å². The number of hydrogen-bond donors (Lipinski definition) is 0. The average Bonchev–Trinajstić information content (AvgIpc) is 2.96. The molecular formula is C20H23Cl2NOSiZr. The Balaban J connectivity index is -0.000000324. The van der Waals surface area contributed by atoms with Gasteiger partial charge in [0.25, 0.3) is 0 Å². The number of hydrogen-bond acceptors (Lipinski definition) is 1. The van der Waals surface area contributed by atoms with Crippen molar-refractivity contribution < 1.29 is 55.8 Å². The molecular weight excluding hydrogens is 460 g/mol. The van der Waals surface area contributed by atoms with Gasteiger partial charge in [-0.05, 0) is 25.0 Å². The monoisotopic (exact) mass is 481 g/mol. The zero-order valence-electron chi connectivity index (χ0n) is 15.4. The number of carbonyl (C=O) groups is 1. The first kappa shape index (κ1) is 29.9. The van der Waals surface area contributed by atoms with Crippen LogP contribution in [-0.4, -0.2) is 15.4 Å². The van der Waals surface area contributed by atoms with E-state index in [2.05, 4.69) is 55.6 Å². The molecule has 0 fully saturated rings. The molecule has 0 unspecified atom stereocenters. The smallest absolute Gasteiger partial charge is 1.00 e. The van der Waals surface area contributed by atoms with Crippen molar-refractivity contribution in [3.63, 3.8) is 0 Å². The Morgan fingerprint density at radius 3 is 1.85 bits per heavy atom. The van der Waals surface area contributed by atoms with Crippen molar-refractivity contribution in [2.24, 2.45) is 0 Å².